The lowest BCUT2D eigenvalue weighted by Gasteiger charge is -2.13. The number of aromatic nitrogens is 3. The molecule has 0 unspecified atom stereocenters. The second-order valence-corrected chi connectivity index (χ2v) is 7.35. The highest BCUT2D eigenvalue weighted by Gasteiger charge is 2.16. The average molecular weight is 401 g/mol. The highest BCUT2D eigenvalue weighted by atomic mass is 19.1. The van der Waals surface area contributed by atoms with Gasteiger partial charge in [0.05, 0.1) is 11.9 Å². The van der Waals surface area contributed by atoms with Crippen LogP contribution in [0.2, 0.25) is 0 Å². The molecular formula is C24H24FN5. The smallest absolute Gasteiger partial charge is 0.137 e. The van der Waals surface area contributed by atoms with Crippen LogP contribution in [0.5, 0.6) is 0 Å². The van der Waals surface area contributed by atoms with Crippen molar-refractivity contribution < 1.29 is 4.39 Å². The first kappa shape index (κ1) is 19.6. The Morgan fingerprint density at radius 1 is 1.23 bits per heavy atom. The van der Waals surface area contributed by atoms with E-state index in [9.17, 15) is 0 Å². The Bertz CT molecular complexity index is 1180. The first-order valence-electron chi connectivity index (χ1n) is 9.95. The molecule has 5 nitrogen and oxygen atoms in total. The van der Waals surface area contributed by atoms with E-state index in [-0.39, 0.29) is 5.82 Å². The number of pyridine rings is 2. The van der Waals surface area contributed by atoms with Crippen LogP contribution in [0.4, 0.5) is 15.8 Å². The van der Waals surface area contributed by atoms with E-state index in [0.29, 0.717) is 28.8 Å². The van der Waals surface area contributed by atoms with Gasteiger partial charge in [0, 0.05) is 58.0 Å². The third-order valence-electron chi connectivity index (χ3n) is 5.02. The van der Waals surface area contributed by atoms with E-state index < -0.39 is 0 Å². The van der Waals surface area contributed by atoms with E-state index in [1.54, 1.807) is 30.7 Å². The molecule has 0 spiro atoms. The molecule has 0 amide bonds. The number of nitrogen functional groups attached to an aromatic ring is 1. The molecule has 152 valence electrons. The van der Waals surface area contributed by atoms with Gasteiger partial charge in [0.1, 0.15) is 11.5 Å². The van der Waals surface area contributed by atoms with Crippen molar-refractivity contribution in [3.05, 3.63) is 84.3 Å². The molecule has 4 N–H and O–H groups in total. The summed E-state index contributed by atoms with van der Waals surface area (Å²) in [7, 11) is 0. The molecule has 3 heterocycles. The quantitative estimate of drug-likeness (QED) is 0.349. The van der Waals surface area contributed by atoms with Crippen molar-refractivity contribution in [3.63, 3.8) is 0 Å². The van der Waals surface area contributed by atoms with Crippen LogP contribution in [0.15, 0.2) is 67.3 Å². The largest absolute Gasteiger partial charge is 0.398 e. The number of aromatic amines is 1. The summed E-state index contributed by atoms with van der Waals surface area (Å²) in [6.07, 6.45) is 7.29. The fourth-order valence-corrected chi connectivity index (χ4v) is 3.56. The molecule has 0 atom stereocenters. The van der Waals surface area contributed by atoms with Gasteiger partial charge in [0.2, 0.25) is 0 Å². The first-order chi connectivity index (χ1) is 14.5. The van der Waals surface area contributed by atoms with Crippen LogP contribution in [-0.2, 0) is 6.42 Å². The zero-order valence-electron chi connectivity index (χ0n) is 16.9. The summed E-state index contributed by atoms with van der Waals surface area (Å²) in [5, 5.41) is 4.22. The molecular weight excluding hydrogens is 377 g/mol. The molecule has 0 aliphatic carbocycles. The molecule has 1 aromatic carbocycles. The molecule has 0 aliphatic heterocycles. The standard InChI is InChI=1S/C24H24FN5/c1-3-5-15(2)29-19-11-17(13-27-14-19)20-7-8-22(26)21(23(20)25)12-18-10-16-6-4-9-28-24(16)30-18/h4,6-11,13-14,29H,2-3,5,12,26H2,1H3,(H,28,30). The molecule has 0 saturated carbocycles. The molecule has 6 heteroatoms. The molecule has 0 saturated heterocycles. The van der Waals surface area contributed by atoms with Crippen molar-refractivity contribution in [1.82, 2.24) is 15.0 Å². The summed E-state index contributed by atoms with van der Waals surface area (Å²) in [5.74, 6) is -0.340. The summed E-state index contributed by atoms with van der Waals surface area (Å²) in [6, 6.07) is 11.1. The fourth-order valence-electron chi connectivity index (χ4n) is 3.56. The van der Waals surface area contributed by atoms with Crippen LogP contribution in [-0.4, -0.2) is 15.0 Å². The Balaban J connectivity index is 1.66. The SMILES string of the molecule is C=C(CCC)Nc1cncc(-c2ccc(N)c(Cc3cc4cccnc4[nH]3)c2F)c1. The third kappa shape index (κ3) is 4.03. The maximum Gasteiger partial charge on any atom is 0.137 e. The number of halogens is 1. The maximum atomic E-state index is 15.5. The lowest BCUT2D eigenvalue weighted by atomic mass is 9.99. The number of nitrogens with zero attached hydrogens (tertiary/aromatic N) is 2. The number of allylic oxidation sites excluding steroid dienone is 1. The zero-order chi connectivity index (χ0) is 21.1. The Hall–Kier alpha value is -3.67. The van der Waals surface area contributed by atoms with E-state index in [1.807, 2.05) is 24.3 Å². The van der Waals surface area contributed by atoms with Gasteiger partial charge < -0.3 is 16.0 Å². The number of hydrogen-bond donors (Lipinski definition) is 3. The molecule has 0 radical (unpaired) electrons. The van der Waals surface area contributed by atoms with Crippen LogP contribution in [0.3, 0.4) is 0 Å². The summed E-state index contributed by atoms with van der Waals surface area (Å²) in [5.41, 5.74) is 11.5. The highest BCUT2D eigenvalue weighted by Crippen LogP contribution is 2.31. The highest BCUT2D eigenvalue weighted by molar-refractivity contribution is 5.77. The van der Waals surface area contributed by atoms with Crippen molar-refractivity contribution in [3.8, 4) is 11.1 Å². The topological polar surface area (TPSA) is 79.6 Å². The Morgan fingerprint density at radius 3 is 2.90 bits per heavy atom. The van der Waals surface area contributed by atoms with Gasteiger partial charge in [0.15, 0.2) is 0 Å². The molecule has 4 rings (SSSR count). The van der Waals surface area contributed by atoms with Gasteiger partial charge in [-0.15, -0.1) is 0 Å². The van der Waals surface area contributed by atoms with E-state index >= 15 is 4.39 Å². The van der Waals surface area contributed by atoms with Gasteiger partial charge in [-0.05, 0) is 42.8 Å². The minimum absolute atomic E-state index is 0.340. The second kappa shape index (κ2) is 8.37. The van der Waals surface area contributed by atoms with Gasteiger partial charge >= 0.3 is 0 Å². The van der Waals surface area contributed by atoms with Gasteiger partial charge in [-0.1, -0.05) is 19.9 Å². The van der Waals surface area contributed by atoms with Crippen molar-refractivity contribution in [1.29, 1.82) is 0 Å². The fraction of sp³-hybridized carbons (Fsp3) is 0.167. The number of hydrogen-bond acceptors (Lipinski definition) is 4. The third-order valence-corrected chi connectivity index (χ3v) is 5.02. The Morgan fingerprint density at radius 2 is 2.10 bits per heavy atom. The number of rotatable bonds is 7. The second-order valence-electron chi connectivity index (χ2n) is 7.35. The zero-order valence-corrected chi connectivity index (χ0v) is 16.9. The van der Waals surface area contributed by atoms with Crippen LogP contribution in [0.1, 0.15) is 31.0 Å². The molecule has 0 aliphatic rings. The minimum Gasteiger partial charge on any atom is -0.398 e. The van der Waals surface area contributed by atoms with Crippen LogP contribution >= 0.6 is 0 Å². The normalized spacial score (nSPS) is 11.0. The lowest BCUT2D eigenvalue weighted by molar-refractivity contribution is 0.618. The molecule has 3 aromatic heterocycles. The van der Waals surface area contributed by atoms with E-state index in [0.717, 1.165) is 41.0 Å². The van der Waals surface area contributed by atoms with E-state index in [2.05, 4.69) is 33.8 Å². The molecule has 0 fully saturated rings. The van der Waals surface area contributed by atoms with E-state index in [1.165, 1.54) is 0 Å². The number of benzene rings is 1. The van der Waals surface area contributed by atoms with Crippen molar-refractivity contribution >= 4 is 22.4 Å². The molecule has 4 aromatic rings. The van der Waals surface area contributed by atoms with Gasteiger partial charge in [-0.3, -0.25) is 4.98 Å². The summed E-state index contributed by atoms with van der Waals surface area (Å²) in [6.45, 7) is 6.11. The van der Waals surface area contributed by atoms with Gasteiger partial charge in [0.25, 0.3) is 0 Å². The average Bonchev–Trinajstić information content (AvgIpc) is 3.14. The molecule has 30 heavy (non-hydrogen) atoms. The number of anilines is 2. The summed E-state index contributed by atoms with van der Waals surface area (Å²) < 4.78 is 15.5. The first-order valence-corrected chi connectivity index (χ1v) is 9.95. The number of nitrogens with one attached hydrogen (secondary N) is 2. The van der Waals surface area contributed by atoms with Gasteiger partial charge in [-0.25, -0.2) is 9.37 Å². The predicted octanol–water partition coefficient (Wildman–Crippen LogP) is 5.66. The summed E-state index contributed by atoms with van der Waals surface area (Å²) >= 11 is 0. The lowest BCUT2D eigenvalue weighted by Crippen LogP contribution is -2.03. The van der Waals surface area contributed by atoms with Crippen molar-refractivity contribution in [2.45, 2.75) is 26.2 Å². The molecule has 0 bridgehead atoms. The number of nitrogens with two attached hydrogens (primary N) is 1. The van der Waals surface area contributed by atoms with Crippen LogP contribution < -0.4 is 11.1 Å². The van der Waals surface area contributed by atoms with Crippen LogP contribution in [0.25, 0.3) is 22.2 Å². The van der Waals surface area contributed by atoms with Crippen molar-refractivity contribution in [2.24, 2.45) is 0 Å². The maximum absolute atomic E-state index is 15.5. The Kier molecular flexibility index (Phi) is 5.48. The predicted molar refractivity (Wildman–Crippen MR) is 121 cm³/mol. The van der Waals surface area contributed by atoms with Gasteiger partial charge in [-0.2, -0.15) is 0 Å². The minimum atomic E-state index is -0.340. The summed E-state index contributed by atoms with van der Waals surface area (Å²) in [4.78, 5) is 11.8. The number of H-pyrrole nitrogens is 1. The van der Waals surface area contributed by atoms with Crippen molar-refractivity contribution in [2.75, 3.05) is 11.1 Å². The van der Waals surface area contributed by atoms with E-state index in [4.69, 9.17) is 5.73 Å². The van der Waals surface area contributed by atoms with Crippen LogP contribution in [0, 0.1) is 5.82 Å². The number of fused-ring (bicyclic) bond motifs is 1. The monoisotopic (exact) mass is 401 g/mol. The Labute approximate surface area is 174 Å².